The van der Waals surface area contributed by atoms with Crippen molar-refractivity contribution in [3.63, 3.8) is 0 Å². The summed E-state index contributed by atoms with van der Waals surface area (Å²) in [4.78, 5) is 15.2. The van der Waals surface area contributed by atoms with Gasteiger partial charge < -0.3 is 15.0 Å². The van der Waals surface area contributed by atoms with Crippen molar-refractivity contribution in [3.05, 3.63) is 59.7 Å². The van der Waals surface area contributed by atoms with Gasteiger partial charge in [0.2, 0.25) is 0 Å². The molecule has 0 bridgehead atoms. The number of nitrogens with one attached hydrogen (secondary N) is 1. The number of benzene rings is 2. The van der Waals surface area contributed by atoms with Gasteiger partial charge in [-0.15, -0.1) is 0 Å². The van der Waals surface area contributed by atoms with Crippen molar-refractivity contribution in [2.24, 2.45) is 0 Å². The predicted octanol–water partition coefficient (Wildman–Crippen LogP) is 4.75. The topological polar surface area (TPSA) is 41.6 Å². The average Bonchev–Trinajstić information content (AvgIpc) is 2.73. The van der Waals surface area contributed by atoms with Crippen molar-refractivity contribution in [2.45, 2.75) is 45.1 Å². The molecule has 1 N–H and O–H groups in total. The third kappa shape index (κ3) is 5.10. The first kappa shape index (κ1) is 19.4. The minimum absolute atomic E-state index is 0.0852. The standard InChI is InChI=1S/C23H30N2O2/c1-3-25-17-7-6-9-20(25)14-11-18-8-4-5-10-22(18)24-23(26)19-12-15-21(27-2)16-13-19/h4-5,8,10,12-13,15-16,20H,3,6-7,9,11,14,17H2,1-2H3,(H,24,26). The van der Waals surface area contributed by atoms with Crippen LogP contribution in [-0.4, -0.2) is 37.0 Å². The molecule has 1 aliphatic heterocycles. The lowest BCUT2D eigenvalue weighted by Gasteiger charge is -2.35. The largest absolute Gasteiger partial charge is 0.497 e. The SMILES string of the molecule is CCN1CCCCC1CCc1ccccc1NC(=O)c1ccc(OC)cc1. The van der Waals surface area contributed by atoms with Crippen LogP contribution < -0.4 is 10.1 Å². The minimum Gasteiger partial charge on any atom is -0.497 e. The number of aryl methyl sites for hydroxylation is 1. The Morgan fingerprint density at radius 1 is 1.15 bits per heavy atom. The number of ether oxygens (including phenoxy) is 1. The van der Waals surface area contributed by atoms with E-state index in [0.29, 0.717) is 11.6 Å². The molecule has 0 aromatic heterocycles. The lowest BCUT2D eigenvalue weighted by Crippen LogP contribution is -2.39. The molecule has 1 aliphatic rings. The minimum atomic E-state index is -0.0852. The number of carbonyl (C=O) groups is 1. The van der Waals surface area contributed by atoms with Crippen molar-refractivity contribution in [1.29, 1.82) is 0 Å². The number of methoxy groups -OCH3 is 1. The third-order valence-electron chi connectivity index (χ3n) is 5.52. The second-order valence-electron chi connectivity index (χ2n) is 7.16. The molecule has 4 heteroatoms. The van der Waals surface area contributed by atoms with E-state index in [9.17, 15) is 4.79 Å². The van der Waals surface area contributed by atoms with E-state index in [4.69, 9.17) is 4.74 Å². The van der Waals surface area contributed by atoms with Gasteiger partial charge in [-0.3, -0.25) is 4.79 Å². The first-order chi connectivity index (χ1) is 13.2. The summed E-state index contributed by atoms with van der Waals surface area (Å²) in [6, 6.07) is 16.0. The molecule has 0 spiro atoms. The molecule has 1 atom stereocenters. The maximum atomic E-state index is 12.6. The maximum absolute atomic E-state index is 12.6. The van der Waals surface area contributed by atoms with Gasteiger partial charge in [0.25, 0.3) is 5.91 Å². The maximum Gasteiger partial charge on any atom is 0.255 e. The lowest BCUT2D eigenvalue weighted by molar-refractivity contribution is 0.102. The molecule has 144 valence electrons. The molecular formula is C23H30N2O2. The number of likely N-dealkylation sites (tertiary alicyclic amines) is 1. The van der Waals surface area contributed by atoms with Crippen LogP contribution in [-0.2, 0) is 6.42 Å². The molecule has 3 rings (SSSR count). The molecule has 1 amide bonds. The van der Waals surface area contributed by atoms with Crippen molar-refractivity contribution in [2.75, 3.05) is 25.5 Å². The molecule has 1 unspecified atom stereocenters. The number of carbonyl (C=O) groups excluding carboxylic acids is 1. The van der Waals surface area contributed by atoms with Crippen LogP contribution in [0.2, 0.25) is 0 Å². The van der Waals surface area contributed by atoms with Gasteiger partial charge in [0.15, 0.2) is 0 Å². The molecule has 0 aliphatic carbocycles. The molecule has 4 nitrogen and oxygen atoms in total. The number of para-hydroxylation sites is 1. The van der Waals surface area contributed by atoms with E-state index in [1.54, 1.807) is 19.2 Å². The fourth-order valence-corrected chi connectivity index (χ4v) is 3.92. The van der Waals surface area contributed by atoms with E-state index < -0.39 is 0 Å². The van der Waals surface area contributed by atoms with Crippen LogP contribution in [0, 0.1) is 0 Å². The van der Waals surface area contributed by atoms with Crippen LogP contribution in [0.1, 0.15) is 48.5 Å². The normalized spacial score (nSPS) is 17.5. The highest BCUT2D eigenvalue weighted by Crippen LogP contribution is 2.24. The highest BCUT2D eigenvalue weighted by atomic mass is 16.5. The summed E-state index contributed by atoms with van der Waals surface area (Å²) in [5, 5.41) is 3.08. The quantitative estimate of drug-likeness (QED) is 0.768. The van der Waals surface area contributed by atoms with E-state index >= 15 is 0 Å². The fourth-order valence-electron chi connectivity index (χ4n) is 3.92. The summed E-state index contributed by atoms with van der Waals surface area (Å²) in [6.45, 7) is 4.60. The van der Waals surface area contributed by atoms with E-state index in [1.165, 1.54) is 31.4 Å². The van der Waals surface area contributed by atoms with Gasteiger partial charge in [-0.25, -0.2) is 0 Å². The van der Waals surface area contributed by atoms with Crippen LogP contribution in [0.5, 0.6) is 5.75 Å². The number of hydrogen-bond acceptors (Lipinski definition) is 3. The summed E-state index contributed by atoms with van der Waals surface area (Å²) >= 11 is 0. The van der Waals surface area contributed by atoms with Gasteiger partial charge in [0, 0.05) is 17.3 Å². The van der Waals surface area contributed by atoms with Crippen LogP contribution in [0.4, 0.5) is 5.69 Å². The number of anilines is 1. The van der Waals surface area contributed by atoms with Crippen LogP contribution >= 0.6 is 0 Å². The summed E-state index contributed by atoms with van der Waals surface area (Å²) in [5.74, 6) is 0.665. The summed E-state index contributed by atoms with van der Waals surface area (Å²) in [6.07, 6.45) is 6.06. The van der Waals surface area contributed by atoms with Crippen molar-refractivity contribution < 1.29 is 9.53 Å². The third-order valence-corrected chi connectivity index (χ3v) is 5.52. The van der Waals surface area contributed by atoms with E-state index in [2.05, 4.69) is 29.3 Å². The Balaban J connectivity index is 1.65. The van der Waals surface area contributed by atoms with E-state index in [1.807, 2.05) is 24.3 Å². The van der Waals surface area contributed by atoms with Gasteiger partial charge in [0.05, 0.1) is 7.11 Å². The van der Waals surface area contributed by atoms with E-state index in [-0.39, 0.29) is 5.91 Å². The molecule has 1 heterocycles. The van der Waals surface area contributed by atoms with Gasteiger partial charge in [0.1, 0.15) is 5.75 Å². The second-order valence-corrected chi connectivity index (χ2v) is 7.16. The zero-order chi connectivity index (χ0) is 19.1. The second kappa shape index (κ2) is 9.56. The number of rotatable bonds is 7. The van der Waals surface area contributed by atoms with Gasteiger partial charge in [-0.2, -0.15) is 0 Å². The molecule has 2 aromatic carbocycles. The van der Waals surface area contributed by atoms with Crippen molar-refractivity contribution >= 4 is 11.6 Å². The van der Waals surface area contributed by atoms with Crippen molar-refractivity contribution in [3.8, 4) is 5.75 Å². The summed E-state index contributed by atoms with van der Waals surface area (Å²) in [7, 11) is 1.62. The Kier molecular flexibility index (Phi) is 6.88. The predicted molar refractivity (Wildman–Crippen MR) is 111 cm³/mol. The Hall–Kier alpha value is -2.33. The number of piperidine rings is 1. The van der Waals surface area contributed by atoms with Gasteiger partial charge in [-0.05, 0) is 74.7 Å². The smallest absolute Gasteiger partial charge is 0.255 e. The highest BCUT2D eigenvalue weighted by molar-refractivity contribution is 6.04. The molecule has 2 aromatic rings. The van der Waals surface area contributed by atoms with Crippen molar-refractivity contribution in [1.82, 2.24) is 4.90 Å². The Bertz CT molecular complexity index is 742. The highest BCUT2D eigenvalue weighted by Gasteiger charge is 2.21. The molecule has 1 saturated heterocycles. The summed E-state index contributed by atoms with van der Waals surface area (Å²) < 4.78 is 5.16. The van der Waals surface area contributed by atoms with E-state index in [0.717, 1.165) is 30.8 Å². The van der Waals surface area contributed by atoms with Crippen LogP contribution in [0.15, 0.2) is 48.5 Å². The number of amides is 1. The molecule has 1 fully saturated rings. The average molecular weight is 367 g/mol. The summed E-state index contributed by atoms with van der Waals surface area (Å²) in [5.41, 5.74) is 2.76. The fraction of sp³-hybridized carbons (Fsp3) is 0.435. The van der Waals surface area contributed by atoms with Crippen LogP contribution in [0.25, 0.3) is 0 Å². The lowest BCUT2D eigenvalue weighted by atomic mass is 9.95. The first-order valence-electron chi connectivity index (χ1n) is 9.98. The number of nitrogens with zero attached hydrogens (tertiary/aromatic N) is 1. The molecular weight excluding hydrogens is 336 g/mol. The Morgan fingerprint density at radius 2 is 1.93 bits per heavy atom. The zero-order valence-electron chi connectivity index (χ0n) is 16.4. The number of hydrogen-bond donors (Lipinski definition) is 1. The van der Waals surface area contributed by atoms with Crippen LogP contribution in [0.3, 0.4) is 0 Å². The molecule has 0 saturated carbocycles. The first-order valence-corrected chi connectivity index (χ1v) is 9.98. The van der Waals surface area contributed by atoms with Gasteiger partial charge in [-0.1, -0.05) is 31.5 Å². The monoisotopic (exact) mass is 366 g/mol. The Labute approximate surface area is 162 Å². The molecule has 27 heavy (non-hydrogen) atoms. The zero-order valence-corrected chi connectivity index (χ0v) is 16.4. The molecule has 0 radical (unpaired) electrons. The van der Waals surface area contributed by atoms with Gasteiger partial charge >= 0.3 is 0 Å². The Morgan fingerprint density at radius 3 is 2.67 bits per heavy atom.